The SMILES string of the molecule is CCC(N)(CC)c1noc(-c2ccc(C)s2)n1. The molecule has 0 aliphatic rings. The van der Waals surface area contributed by atoms with Gasteiger partial charge in [-0.15, -0.1) is 11.3 Å². The highest BCUT2D eigenvalue weighted by molar-refractivity contribution is 7.15. The van der Waals surface area contributed by atoms with E-state index >= 15 is 0 Å². The Bertz CT molecular complexity index is 499. The van der Waals surface area contributed by atoms with Crippen molar-refractivity contribution in [2.24, 2.45) is 5.73 Å². The van der Waals surface area contributed by atoms with Crippen LogP contribution in [0.15, 0.2) is 16.7 Å². The van der Waals surface area contributed by atoms with E-state index in [4.69, 9.17) is 10.3 Å². The third-order valence-corrected chi connectivity index (χ3v) is 4.07. The van der Waals surface area contributed by atoms with Gasteiger partial charge in [-0.25, -0.2) is 0 Å². The highest BCUT2D eigenvalue weighted by Crippen LogP contribution is 2.29. The zero-order valence-electron chi connectivity index (χ0n) is 10.4. The molecule has 2 N–H and O–H groups in total. The Hall–Kier alpha value is -1.20. The van der Waals surface area contributed by atoms with E-state index in [-0.39, 0.29) is 0 Å². The molecule has 0 unspecified atom stereocenters. The van der Waals surface area contributed by atoms with Crippen molar-refractivity contribution in [1.29, 1.82) is 0 Å². The van der Waals surface area contributed by atoms with Crippen LogP contribution in [0.1, 0.15) is 37.4 Å². The van der Waals surface area contributed by atoms with Crippen LogP contribution in [0.3, 0.4) is 0 Å². The van der Waals surface area contributed by atoms with Crippen molar-refractivity contribution in [2.45, 2.75) is 39.2 Å². The molecule has 0 fully saturated rings. The summed E-state index contributed by atoms with van der Waals surface area (Å²) in [6.07, 6.45) is 1.60. The highest BCUT2D eigenvalue weighted by Gasteiger charge is 2.29. The predicted octanol–water partition coefficient (Wildman–Crippen LogP) is 3.08. The smallest absolute Gasteiger partial charge is 0.268 e. The molecule has 0 aliphatic carbocycles. The molecule has 92 valence electrons. The van der Waals surface area contributed by atoms with Crippen LogP contribution in [-0.4, -0.2) is 10.1 Å². The molecular weight excluding hydrogens is 234 g/mol. The van der Waals surface area contributed by atoms with Crippen LogP contribution in [0, 0.1) is 6.92 Å². The molecule has 0 saturated carbocycles. The number of hydrogen-bond donors (Lipinski definition) is 1. The van der Waals surface area contributed by atoms with Gasteiger partial charge in [-0.1, -0.05) is 19.0 Å². The van der Waals surface area contributed by atoms with Crippen molar-refractivity contribution in [3.05, 3.63) is 22.8 Å². The molecule has 0 radical (unpaired) electrons. The highest BCUT2D eigenvalue weighted by atomic mass is 32.1. The molecule has 0 atom stereocenters. The standard InChI is InChI=1S/C12H17N3OS/c1-4-12(13,5-2)11-14-10(16-15-11)9-7-6-8(3)17-9/h6-7H,4-5,13H2,1-3H3. The number of nitrogens with zero attached hydrogens (tertiary/aromatic N) is 2. The van der Waals surface area contributed by atoms with Gasteiger partial charge in [0.2, 0.25) is 0 Å². The first-order chi connectivity index (χ1) is 8.09. The van der Waals surface area contributed by atoms with Gasteiger partial charge in [0, 0.05) is 4.88 Å². The van der Waals surface area contributed by atoms with E-state index < -0.39 is 5.54 Å². The molecule has 4 nitrogen and oxygen atoms in total. The number of aromatic nitrogens is 2. The molecule has 0 spiro atoms. The van der Waals surface area contributed by atoms with Crippen LogP contribution in [0.4, 0.5) is 0 Å². The van der Waals surface area contributed by atoms with Crippen molar-refractivity contribution in [3.8, 4) is 10.8 Å². The number of hydrogen-bond acceptors (Lipinski definition) is 5. The maximum absolute atomic E-state index is 6.23. The van der Waals surface area contributed by atoms with Gasteiger partial charge in [0.15, 0.2) is 5.82 Å². The monoisotopic (exact) mass is 251 g/mol. The first-order valence-electron chi connectivity index (χ1n) is 5.79. The van der Waals surface area contributed by atoms with Gasteiger partial charge in [0.05, 0.1) is 10.4 Å². The van der Waals surface area contributed by atoms with Crippen molar-refractivity contribution in [3.63, 3.8) is 0 Å². The Morgan fingerprint density at radius 2 is 2.06 bits per heavy atom. The maximum Gasteiger partial charge on any atom is 0.268 e. The van der Waals surface area contributed by atoms with E-state index in [9.17, 15) is 0 Å². The van der Waals surface area contributed by atoms with Crippen LogP contribution in [0.25, 0.3) is 10.8 Å². The number of thiophene rings is 1. The lowest BCUT2D eigenvalue weighted by molar-refractivity contribution is 0.350. The van der Waals surface area contributed by atoms with Gasteiger partial charge in [0.25, 0.3) is 5.89 Å². The zero-order chi connectivity index (χ0) is 12.5. The summed E-state index contributed by atoms with van der Waals surface area (Å²) in [5, 5.41) is 4.01. The lowest BCUT2D eigenvalue weighted by Gasteiger charge is -2.21. The minimum absolute atomic E-state index is 0.478. The summed E-state index contributed by atoms with van der Waals surface area (Å²) in [6.45, 7) is 6.13. The molecule has 2 heterocycles. The molecule has 17 heavy (non-hydrogen) atoms. The van der Waals surface area contributed by atoms with Gasteiger partial charge in [-0.3, -0.25) is 0 Å². The predicted molar refractivity (Wildman–Crippen MR) is 68.8 cm³/mol. The Morgan fingerprint density at radius 1 is 1.35 bits per heavy atom. The molecule has 0 aliphatic heterocycles. The molecule has 0 saturated heterocycles. The lowest BCUT2D eigenvalue weighted by atomic mass is 9.93. The summed E-state index contributed by atoms with van der Waals surface area (Å²) >= 11 is 1.64. The Balaban J connectivity index is 2.33. The normalized spacial score (nSPS) is 12.0. The van der Waals surface area contributed by atoms with E-state index in [1.807, 2.05) is 26.0 Å². The second-order valence-electron chi connectivity index (χ2n) is 4.20. The third-order valence-electron chi connectivity index (χ3n) is 3.08. The van der Waals surface area contributed by atoms with E-state index in [0.29, 0.717) is 11.7 Å². The van der Waals surface area contributed by atoms with Gasteiger partial charge in [-0.2, -0.15) is 4.98 Å². The molecule has 0 aromatic carbocycles. The molecule has 2 aromatic rings. The van der Waals surface area contributed by atoms with Gasteiger partial charge < -0.3 is 10.3 Å². The largest absolute Gasteiger partial charge is 0.333 e. The first kappa shape index (κ1) is 12.3. The molecule has 2 rings (SSSR count). The summed E-state index contributed by atoms with van der Waals surface area (Å²) in [7, 11) is 0. The van der Waals surface area contributed by atoms with E-state index in [2.05, 4.69) is 17.1 Å². The Kier molecular flexibility index (Phi) is 3.31. The zero-order valence-corrected chi connectivity index (χ0v) is 11.2. The van der Waals surface area contributed by atoms with E-state index in [0.717, 1.165) is 17.7 Å². The fourth-order valence-corrected chi connectivity index (χ4v) is 2.43. The number of rotatable bonds is 4. The quantitative estimate of drug-likeness (QED) is 0.907. The van der Waals surface area contributed by atoms with Crippen LogP contribution >= 0.6 is 11.3 Å². The Morgan fingerprint density at radius 3 is 2.59 bits per heavy atom. The Labute approximate surface area is 105 Å². The minimum atomic E-state index is -0.478. The molecule has 2 aromatic heterocycles. The maximum atomic E-state index is 6.23. The van der Waals surface area contributed by atoms with Crippen molar-refractivity contribution in [1.82, 2.24) is 10.1 Å². The topological polar surface area (TPSA) is 64.9 Å². The fraction of sp³-hybridized carbons (Fsp3) is 0.500. The van der Waals surface area contributed by atoms with Crippen LogP contribution in [-0.2, 0) is 5.54 Å². The van der Waals surface area contributed by atoms with Crippen LogP contribution in [0.5, 0.6) is 0 Å². The number of aryl methyl sites for hydroxylation is 1. The molecule has 0 bridgehead atoms. The van der Waals surface area contributed by atoms with Crippen molar-refractivity contribution in [2.75, 3.05) is 0 Å². The van der Waals surface area contributed by atoms with Crippen molar-refractivity contribution >= 4 is 11.3 Å². The summed E-state index contributed by atoms with van der Waals surface area (Å²) in [4.78, 5) is 6.64. The molecule has 5 heteroatoms. The first-order valence-corrected chi connectivity index (χ1v) is 6.60. The lowest BCUT2D eigenvalue weighted by Crippen LogP contribution is -2.36. The summed E-state index contributed by atoms with van der Waals surface area (Å²) < 4.78 is 5.28. The number of nitrogens with two attached hydrogens (primary N) is 1. The summed E-state index contributed by atoms with van der Waals surface area (Å²) in [5.41, 5.74) is 5.75. The third kappa shape index (κ3) is 2.25. The van der Waals surface area contributed by atoms with E-state index in [1.54, 1.807) is 11.3 Å². The van der Waals surface area contributed by atoms with Crippen LogP contribution < -0.4 is 5.73 Å². The van der Waals surface area contributed by atoms with Gasteiger partial charge in [-0.05, 0) is 31.9 Å². The summed E-state index contributed by atoms with van der Waals surface area (Å²) in [5.74, 6) is 1.17. The minimum Gasteiger partial charge on any atom is -0.333 e. The fourth-order valence-electron chi connectivity index (χ4n) is 1.64. The summed E-state index contributed by atoms with van der Waals surface area (Å²) in [6, 6.07) is 4.03. The average Bonchev–Trinajstić information content (AvgIpc) is 2.96. The van der Waals surface area contributed by atoms with Gasteiger partial charge >= 0.3 is 0 Å². The van der Waals surface area contributed by atoms with Crippen molar-refractivity contribution < 1.29 is 4.52 Å². The van der Waals surface area contributed by atoms with Crippen LogP contribution in [0.2, 0.25) is 0 Å². The average molecular weight is 251 g/mol. The molecular formula is C12H17N3OS. The van der Waals surface area contributed by atoms with Gasteiger partial charge in [0.1, 0.15) is 0 Å². The van der Waals surface area contributed by atoms with E-state index in [1.165, 1.54) is 4.88 Å². The second-order valence-corrected chi connectivity index (χ2v) is 5.48. The molecule has 0 amide bonds. The second kappa shape index (κ2) is 4.58.